The van der Waals surface area contributed by atoms with Crippen LogP contribution in [0.4, 0.5) is 11.5 Å². The summed E-state index contributed by atoms with van der Waals surface area (Å²) >= 11 is 0. The molecule has 26 heavy (non-hydrogen) atoms. The van der Waals surface area contributed by atoms with Crippen LogP contribution in [-0.2, 0) is 11.2 Å². The van der Waals surface area contributed by atoms with Crippen molar-refractivity contribution in [3.05, 3.63) is 78.8 Å². The van der Waals surface area contributed by atoms with Crippen molar-refractivity contribution in [1.82, 2.24) is 14.4 Å². The third-order valence-corrected chi connectivity index (χ3v) is 4.17. The van der Waals surface area contributed by atoms with E-state index in [0.29, 0.717) is 12.2 Å². The predicted molar refractivity (Wildman–Crippen MR) is 103 cm³/mol. The summed E-state index contributed by atoms with van der Waals surface area (Å²) in [4.78, 5) is 20.2. The van der Waals surface area contributed by atoms with Gasteiger partial charge in [0.1, 0.15) is 5.78 Å². The number of Topliss-reactive ketones (excluding diaryl/α,β-unsaturated/α-hetero) is 1. The second-order valence-electron chi connectivity index (χ2n) is 6.18. The lowest BCUT2D eigenvalue weighted by atomic mass is 10.1. The van der Waals surface area contributed by atoms with Crippen molar-refractivity contribution in [3.63, 3.8) is 0 Å². The molecular weight excluding hydrogens is 324 g/mol. The molecule has 0 unspecified atom stereocenters. The number of hydrogen-bond acceptors (Lipinski definition) is 4. The summed E-state index contributed by atoms with van der Waals surface area (Å²) in [5.41, 5.74) is 4.79. The van der Waals surface area contributed by atoms with Gasteiger partial charge in [-0.25, -0.2) is 9.97 Å². The standard InChI is InChI=1S/C21H18N4O/c1-15(26)13-16-7-9-18(10-8-16)24-20-21-23-14-19(25(21)12-11-22-20)17-5-3-2-4-6-17/h2-12,14H,13H2,1H3,(H,22,24). The van der Waals surface area contributed by atoms with Crippen LogP contribution in [0, 0.1) is 0 Å². The van der Waals surface area contributed by atoms with E-state index in [4.69, 9.17) is 0 Å². The zero-order valence-corrected chi connectivity index (χ0v) is 14.4. The van der Waals surface area contributed by atoms with Gasteiger partial charge in [0.25, 0.3) is 0 Å². The molecule has 0 saturated heterocycles. The summed E-state index contributed by atoms with van der Waals surface area (Å²) in [7, 11) is 0. The summed E-state index contributed by atoms with van der Waals surface area (Å²) in [6.07, 6.45) is 5.97. The average Bonchev–Trinajstić information content (AvgIpc) is 3.09. The normalized spacial score (nSPS) is 10.8. The van der Waals surface area contributed by atoms with Crippen molar-refractivity contribution >= 4 is 22.9 Å². The molecule has 5 nitrogen and oxygen atoms in total. The number of rotatable bonds is 5. The van der Waals surface area contributed by atoms with Crippen molar-refractivity contribution in [2.75, 3.05) is 5.32 Å². The molecule has 5 heteroatoms. The SMILES string of the molecule is CC(=O)Cc1ccc(Nc2nccn3c(-c4ccccc4)cnc23)cc1. The lowest BCUT2D eigenvalue weighted by molar-refractivity contribution is -0.116. The average molecular weight is 342 g/mol. The van der Waals surface area contributed by atoms with E-state index in [1.807, 2.05) is 59.3 Å². The van der Waals surface area contributed by atoms with Gasteiger partial charge in [-0.15, -0.1) is 0 Å². The Labute approximate surface area is 151 Å². The fraction of sp³-hybridized carbons (Fsp3) is 0.0952. The van der Waals surface area contributed by atoms with Crippen LogP contribution in [0.2, 0.25) is 0 Å². The van der Waals surface area contributed by atoms with Crippen LogP contribution in [0.1, 0.15) is 12.5 Å². The van der Waals surface area contributed by atoms with Crippen molar-refractivity contribution in [2.45, 2.75) is 13.3 Å². The molecule has 0 bridgehead atoms. The third-order valence-electron chi connectivity index (χ3n) is 4.17. The summed E-state index contributed by atoms with van der Waals surface area (Å²) < 4.78 is 2.02. The zero-order chi connectivity index (χ0) is 17.9. The maximum atomic E-state index is 11.2. The van der Waals surface area contributed by atoms with Gasteiger partial charge in [0.2, 0.25) is 0 Å². The molecule has 4 aromatic rings. The molecule has 1 N–H and O–H groups in total. The highest BCUT2D eigenvalue weighted by molar-refractivity contribution is 5.78. The third kappa shape index (κ3) is 3.19. The van der Waals surface area contributed by atoms with Gasteiger partial charge in [-0.2, -0.15) is 0 Å². The molecule has 0 amide bonds. The smallest absolute Gasteiger partial charge is 0.180 e. The number of carbonyl (C=O) groups is 1. The summed E-state index contributed by atoms with van der Waals surface area (Å²) in [5.74, 6) is 0.844. The van der Waals surface area contributed by atoms with Crippen LogP contribution >= 0.6 is 0 Å². The van der Waals surface area contributed by atoms with Crippen molar-refractivity contribution in [1.29, 1.82) is 0 Å². The number of anilines is 2. The number of benzene rings is 2. The van der Waals surface area contributed by atoms with Gasteiger partial charge < -0.3 is 5.32 Å². The summed E-state index contributed by atoms with van der Waals surface area (Å²) in [5, 5.41) is 3.31. The second kappa shape index (κ2) is 6.80. The van der Waals surface area contributed by atoms with E-state index < -0.39 is 0 Å². The van der Waals surface area contributed by atoms with Crippen molar-refractivity contribution in [2.24, 2.45) is 0 Å². The Hall–Kier alpha value is -3.47. The van der Waals surface area contributed by atoms with Crippen LogP contribution in [0.3, 0.4) is 0 Å². The monoisotopic (exact) mass is 342 g/mol. The maximum absolute atomic E-state index is 11.2. The Morgan fingerprint density at radius 1 is 1.04 bits per heavy atom. The number of nitrogens with zero attached hydrogens (tertiary/aromatic N) is 3. The van der Waals surface area contributed by atoms with Gasteiger partial charge >= 0.3 is 0 Å². The number of fused-ring (bicyclic) bond motifs is 1. The Bertz CT molecular complexity index is 1050. The van der Waals surface area contributed by atoms with Crippen LogP contribution in [0.15, 0.2) is 73.2 Å². The number of nitrogens with one attached hydrogen (secondary N) is 1. The minimum Gasteiger partial charge on any atom is -0.337 e. The number of ketones is 1. The molecule has 2 aromatic heterocycles. The predicted octanol–water partition coefficient (Wildman–Crippen LogP) is 4.27. The first-order chi connectivity index (χ1) is 12.7. The first-order valence-electron chi connectivity index (χ1n) is 8.43. The van der Waals surface area contributed by atoms with Crippen LogP contribution in [0.25, 0.3) is 16.9 Å². The number of carbonyl (C=O) groups excluding carboxylic acids is 1. The van der Waals surface area contributed by atoms with E-state index in [2.05, 4.69) is 27.4 Å². The van der Waals surface area contributed by atoms with Crippen LogP contribution < -0.4 is 5.32 Å². The first-order valence-corrected chi connectivity index (χ1v) is 8.43. The quantitative estimate of drug-likeness (QED) is 0.588. The van der Waals surface area contributed by atoms with E-state index in [1.165, 1.54) is 0 Å². The van der Waals surface area contributed by atoms with Gasteiger partial charge in [-0.3, -0.25) is 9.20 Å². The molecular formula is C21H18N4O. The van der Waals surface area contributed by atoms with Crippen LogP contribution in [0.5, 0.6) is 0 Å². The highest BCUT2D eigenvalue weighted by Crippen LogP contribution is 2.25. The fourth-order valence-electron chi connectivity index (χ4n) is 2.96. The van der Waals surface area contributed by atoms with E-state index >= 15 is 0 Å². The topological polar surface area (TPSA) is 59.3 Å². The van der Waals surface area contributed by atoms with E-state index in [1.54, 1.807) is 13.1 Å². The Morgan fingerprint density at radius 2 is 1.81 bits per heavy atom. The molecule has 0 atom stereocenters. The van der Waals surface area contributed by atoms with Crippen LogP contribution in [-0.4, -0.2) is 20.2 Å². The Morgan fingerprint density at radius 3 is 2.54 bits per heavy atom. The molecule has 0 aliphatic heterocycles. The maximum Gasteiger partial charge on any atom is 0.180 e. The van der Waals surface area contributed by atoms with Gasteiger partial charge in [0.15, 0.2) is 11.5 Å². The van der Waals surface area contributed by atoms with Gasteiger partial charge in [-0.05, 0) is 24.6 Å². The highest BCUT2D eigenvalue weighted by Gasteiger charge is 2.10. The summed E-state index contributed by atoms with van der Waals surface area (Å²) in [6.45, 7) is 1.60. The molecule has 0 saturated carbocycles. The van der Waals surface area contributed by atoms with E-state index in [-0.39, 0.29) is 5.78 Å². The minimum absolute atomic E-state index is 0.156. The number of imidazole rings is 1. The van der Waals surface area contributed by atoms with Gasteiger partial charge in [0.05, 0.1) is 11.9 Å². The zero-order valence-electron chi connectivity index (χ0n) is 14.4. The van der Waals surface area contributed by atoms with Crippen molar-refractivity contribution in [3.8, 4) is 11.3 Å². The molecule has 2 heterocycles. The van der Waals surface area contributed by atoms with Gasteiger partial charge in [-0.1, -0.05) is 42.5 Å². The second-order valence-corrected chi connectivity index (χ2v) is 6.18. The van der Waals surface area contributed by atoms with E-state index in [9.17, 15) is 4.79 Å². The molecule has 128 valence electrons. The number of aromatic nitrogens is 3. The van der Waals surface area contributed by atoms with Crippen molar-refractivity contribution < 1.29 is 4.79 Å². The fourth-order valence-corrected chi connectivity index (χ4v) is 2.96. The summed E-state index contributed by atoms with van der Waals surface area (Å²) in [6, 6.07) is 17.9. The molecule has 0 fully saturated rings. The molecule has 0 spiro atoms. The number of hydrogen-bond donors (Lipinski definition) is 1. The molecule has 4 rings (SSSR count). The Kier molecular flexibility index (Phi) is 4.19. The molecule has 0 aliphatic rings. The molecule has 0 aliphatic carbocycles. The lowest BCUT2D eigenvalue weighted by Crippen LogP contribution is -1.99. The van der Waals surface area contributed by atoms with Gasteiger partial charge in [0, 0.05) is 30.1 Å². The highest BCUT2D eigenvalue weighted by atomic mass is 16.1. The lowest BCUT2D eigenvalue weighted by Gasteiger charge is -2.08. The Balaban J connectivity index is 1.65. The minimum atomic E-state index is 0.156. The first kappa shape index (κ1) is 16.0. The molecule has 2 aromatic carbocycles. The van der Waals surface area contributed by atoms with E-state index in [0.717, 1.165) is 28.2 Å². The largest absolute Gasteiger partial charge is 0.337 e. The molecule has 0 radical (unpaired) electrons.